The van der Waals surface area contributed by atoms with Gasteiger partial charge in [-0.1, -0.05) is 25.5 Å². The molecule has 3 aliphatic carbocycles. The first-order chi connectivity index (χ1) is 13.4. The second kappa shape index (κ2) is 6.48. The molecule has 5 rings (SSSR count). The summed E-state index contributed by atoms with van der Waals surface area (Å²) in [6.45, 7) is 14.4. The number of esters is 1. The van der Waals surface area contributed by atoms with Crippen LogP contribution < -0.4 is 10.2 Å². The highest BCUT2D eigenvalue weighted by molar-refractivity contribution is 6.63. The number of aryl methyl sites for hydroxylation is 1. The first-order valence-electron chi connectivity index (χ1n) is 10.6. The molecular weight excluding hydrogens is 367 g/mol. The molecule has 0 N–H and O–H groups in total. The highest BCUT2D eigenvalue weighted by Gasteiger charge is 2.68. The monoisotopic (exact) mass is 400 g/mol. The molecule has 6 heteroatoms. The van der Waals surface area contributed by atoms with Crippen molar-refractivity contribution >= 4 is 18.6 Å². The molecule has 158 valence electrons. The summed E-state index contributed by atoms with van der Waals surface area (Å²) in [5.74, 6) is 1.24. The molecular formula is C23H33BO5. The lowest BCUT2D eigenvalue weighted by atomic mass is 9.43. The molecule has 0 spiro atoms. The summed E-state index contributed by atoms with van der Waals surface area (Å²) >= 11 is 0. The van der Waals surface area contributed by atoms with Gasteiger partial charge in [0.05, 0.1) is 18.8 Å². The van der Waals surface area contributed by atoms with Crippen molar-refractivity contribution in [3.8, 4) is 5.75 Å². The van der Waals surface area contributed by atoms with Gasteiger partial charge in [0.15, 0.2) is 0 Å². The SMILES string of the molecule is COc1c(B2OC3C[C@@H]4C[C@@H](C4(C)C)[C@]3(C)O2)cc(C)cc1C(=O)OC(C)(C)C. The van der Waals surface area contributed by atoms with E-state index in [0.717, 1.165) is 17.4 Å². The van der Waals surface area contributed by atoms with Gasteiger partial charge in [-0.05, 0) is 70.8 Å². The molecule has 4 atom stereocenters. The van der Waals surface area contributed by atoms with Crippen molar-refractivity contribution in [3.05, 3.63) is 23.3 Å². The summed E-state index contributed by atoms with van der Waals surface area (Å²) in [5.41, 5.74) is 1.50. The Balaban J connectivity index is 1.69. The van der Waals surface area contributed by atoms with Crippen LogP contribution in [0, 0.1) is 24.2 Å². The molecule has 4 aliphatic rings. The van der Waals surface area contributed by atoms with Crippen molar-refractivity contribution in [2.45, 2.75) is 78.6 Å². The van der Waals surface area contributed by atoms with E-state index < -0.39 is 18.7 Å². The Kier molecular flexibility index (Phi) is 4.64. The third-order valence-corrected chi connectivity index (χ3v) is 7.29. The highest BCUT2D eigenvalue weighted by Crippen LogP contribution is 2.65. The van der Waals surface area contributed by atoms with Crippen molar-refractivity contribution in [2.24, 2.45) is 17.3 Å². The van der Waals surface area contributed by atoms with Gasteiger partial charge in [-0.3, -0.25) is 0 Å². The van der Waals surface area contributed by atoms with Crippen molar-refractivity contribution < 1.29 is 23.6 Å². The number of hydrogen-bond acceptors (Lipinski definition) is 5. The number of carbonyl (C=O) groups excluding carboxylic acids is 1. The van der Waals surface area contributed by atoms with Gasteiger partial charge in [0.1, 0.15) is 16.9 Å². The van der Waals surface area contributed by atoms with E-state index in [1.165, 1.54) is 6.42 Å². The molecule has 5 nitrogen and oxygen atoms in total. The maximum atomic E-state index is 12.8. The molecule has 1 saturated heterocycles. The molecule has 4 fully saturated rings. The van der Waals surface area contributed by atoms with E-state index in [0.29, 0.717) is 23.1 Å². The second-order valence-electron chi connectivity index (χ2n) is 10.7. The maximum absolute atomic E-state index is 12.8. The molecule has 0 radical (unpaired) electrons. The first kappa shape index (κ1) is 20.7. The van der Waals surface area contributed by atoms with Crippen LogP contribution in [0.4, 0.5) is 0 Å². The Morgan fingerprint density at radius 2 is 1.90 bits per heavy atom. The largest absolute Gasteiger partial charge is 0.498 e. The van der Waals surface area contributed by atoms with Crippen LogP contribution in [0.3, 0.4) is 0 Å². The number of ether oxygens (including phenoxy) is 2. The zero-order valence-corrected chi connectivity index (χ0v) is 18.9. The summed E-state index contributed by atoms with van der Waals surface area (Å²) in [7, 11) is 1.03. The molecule has 1 aromatic rings. The second-order valence-corrected chi connectivity index (χ2v) is 10.7. The summed E-state index contributed by atoms with van der Waals surface area (Å²) in [5, 5.41) is 0. The molecule has 0 amide bonds. The van der Waals surface area contributed by atoms with Crippen LogP contribution in [0.1, 0.15) is 70.3 Å². The minimum atomic E-state index is -0.582. The summed E-state index contributed by atoms with van der Waals surface area (Å²) < 4.78 is 24.3. The van der Waals surface area contributed by atoms with E-state index >= 15 is 0 Å². The fourth-order valence-electron chi connectivity index (χ4n) is 5.69. The standard InChI is InChI=1S/C23H33BO5/c1-13-9-15(20(25)27-21(2,3)4)19(26-8)16(10-13)24-28-18-12-14-11-17(22(14,5)6)23(18,7)29-24/h9-10,14,17-18H,11-12H2,1-8H3/t14-,17-,18?,23-/m0/s1. The van der Waals surface area contributed by atoms with Gasteiger partial charge in [-0.25, -0.2) is 4.79 Å². The number of hydrogen-bond donors (Lipinski definition) is 0. The van der Waals surface area contributed by atoms with Gasteiger partial charge in [-0.2, -0.15) is 0 Å². The lowest BCUT2D eigenvalue weighted by molar-refractivity contribution is -0.199. The summed E-state index contributed by atoms with van der Waals surface area (Å²) in [4.78, 5) is 12.8. The topological polar surface area (TPSA) is 54.0 Å². The van der Waals surface area contributed by atoms with E-state index in [9.17, 15) is 4.79 Å². The third-order valence-electron chi connectivity index (χ3n) is 7.29. The van der Waals surface area contributed by atoms with Gasteiger partial charge in [0.2, 0.25) is 0 Å². The predicted octanol–water partition coefficient (Wildman–Crippen LogP) is 3.89. The zero-order valence-electron chi connectivity index (χ0n) is 18.9. The number of benzene rings is 1. The van der Waals surface area contributed by atoms with Crippen LogP contribution in [0.5, 0.6) is 5.75 Å². The molecule has 3 saturated carbocycles. The summed E-state index contributed by atoms with van der Waals surface area (Å²) in [6.07, 6.45) is 2.28. The van der Waals surface area contributed by atoms with E-state index in [4.69, 9.17) is 18.8 Å². The normalized spacial score (nSPS) is 32.4. The Labute approximate surface area is 174 Å². The van der Waals surface area contributed by atoms with Gasteiger partial charge in [0.25, 0.3) is 0 Å². The minimum absolute atomic E-state index is 0.0690. The zero-order chi connectivity index (χ0) is 21.4. The maximum Gasteiger partial charge on any atom is 0.498 e. The smallest absolute Gasteiger partial charge is 0.496 e. The molecule has 1 unspecified atom stereocenters. The molecule has 1 heterocycles. The number of carbonyl (C=O) groups is 1. The molecule has 2 bridgehead atoms. The van der Waals surface area contributed by atoms with Crippen molar-refractivity contribution in [1.82, 2.24) is 0 Å². The van der Waals surface area contributed by atoms with E-state index in [1.807, 2.05) is 33.8 Å². The fraction of sp³-hybridized carbons (Fsp3) is 0.696. The Hall–Kier alpha value is -1.53. The third kappa shape index (κ3) is 3.19. The Morgan fingerprint density at radius 3 is 2.48 bits per heavy atom. The van der Waals surface area contributed by atoms with E-state index in [1.54, 1.807) is 13.2 Å². The minimum Gasteiger partial charge on any atom is -0.496 e. The van der Waals surface area contributed by atoms with Crippen LogP contribution in [-0.4, -0.2) is 37.5 Å². The number of rotatable bonds is 3. The van der Waals surface area contributed by atoms with E-state index in [2.05, 4.69) is 20.8 Å². The van der Waals surface area contributed by atoms with Gasteiger partial charge >= 0.3 is 13.1 Å². The van der Waals surface area contributed by atoms with Gasteiger partial charge in [-0.15, -0.1) is 0 Å². The van der Waals surface area contributed by atoms with Crippen LogP contribution in [0.25, 0.3) is 0 Å². The Bertz CT molecular complexity index is 842. The predicted molar refractivity (Wildman–Crippen MR) is 113 cm³/mol. The lowest BCUT2D eigenvalue weighted by Crippen LogP contribution is -2.65. The van der Waals surface area contributed by atoms with Gasteiger partial charge in [0, 0.05) is 5.46 Å². The highest BCUT2D eigenvalue weighted by atomic mass is 16.7. The molecule has 0 aromatic heterocycles. The van der Waals surface area contributed by atoms with Crippen molar-refractivity contribution in [2.75, 3.05) is 7.11 Å². The fourth-order valence-corrected chi connectivity index (χ4v) is 5.69. The average molecular weight is 400 g/mol. The van der Waals surface area contributed by atoms with E-state index in [-0.39, 0.29) is 17.1 Å². The quantitative estimate of drug-likeness (QED) is 0.569. The number of methoxy groups -OCH3 is 1. The lowest BCUT2D eigenvalue weighted by Gasteiger charge is -2.64. The van der Waals surface area contributed by atoms with Gasteiger partial charge < -0.3 is 18.8 Å². The summed E-state index contributed by atoms with van der Waals surface area (Å²) in [6, 6.07) is 3.80. The Morgan fingerprint density at radius 1 is 1.21 bits per heavy atom. The molecule has 1 aliphatic heterocycles. The molecule has 1 aromatic carbocycles. The van der Waals surface area contributed by atoms with Crippen LogP contribution in [0.15, 0.2) is 12.1 Å². The van der Waals surface area contributed by atoms with Crippen LogP contribution >= 0.6 is 0 Å². The average Bonchev–Trinajstić information content (AvgIpc) is 2.96. The van der Waals surface area contributed by atoms with Crippen molar-refractivity contribution in [3.63, 3.8) is 0 Å². The molecule has 29 heavy (non-hydrogen) atoms. The van der Waals surface area contributed by atoms with Crippen molar-refractivity contribution in [1.29, 1.82) is 0 Å². The first-order valence-corrected chi connectivity index (χ1v) is 10.6. The van der Waals surface area contributed by atoms with Crippen LogP contribution in [0.2, 0.25) is 0 Å². The van der Waals surface area contributed by atoms with Crippen LogP contribution in [-0.2, 0) is 14.0 Å².